The van der Waals surface area contributed by atoms with Gasteiger partial charge < -0.3 is 10.3 Å². The quantitative estimate of drug-likeness (QED) is 0.816. The maximum atomic E-state index is 13.9. The summed E-state index contributed by atoms with van der Waals surface area (Å²) in [7, 11) is -4.17. The summed E-state index contributed by atoms with van der Waals surface area (Å²) < 4.78 is 45.2. The van der Waals surface area contributed by atoms with Crippen molar-refractivity contribution in [2.75, 3.05) is 10.5 Å². The first-order chi connectivity index (χ1) is 9.22. The molecule has 0 unspecified atom stereocenters. The van der Waals surface area contributed by atoms with Crippen molar-refractivity contribution in [3.8, 4) is 0 Å². The van der Waals surface area contributed by atoms with Crippen LogP contribution in [0.4, 0.5) is 16.0 Å². The van der Waals surface area contributed by atoms with Gasteiger partial charge in [-0.05, 0) is 41.9 Å². The number of halogens is 2. The number of hydrogen-bond acceptors (Lipinski definition) is 5. The fraction of sp³-hybridized carbons (Fsp3) is 0.182. The number of hydrogen-bond donors (Lipinski definition) is 2. The minimum absolute atomic E-state index is 0.0386. The van der Waals surface area contributed by atoms with Crippen molar-refractivity contribution in [1.29, 1.82) is 0 Å². The average molecular weight is 364 g/mol. The van der Waals surface area contributed by atoms with Crippen LogP contribution < -0.4 is 10.5 Å². The fourth-order valence-electron chi connectivity index (χ4n) is 1.47. The molecule has 9 heteroatoms. The number of nitrogens with two attached hydrogens (primary N) is 1. The molecule has 1 aromatic heterocycles. The molecule has 0 atom stereocenters. The first-order valence-corrected chi connectivity index (χ1v) is 7.70. The summed E-state index contributed by atoms with van der Waals surface area (Å²) in [5.41, 5.74) is 6.71. The Kier molecular flexibility index (Phi) is 3.74. The van der Waals surface area contributed by atoms with Gasteiger partial charge in [0.15, 0.2) is 5.82 Å². The van der Waals surface area contributed by atoms with E-state index >= 15 is 0 Å². The lowest BCUT2D eigenvalue weighted by Gasteiger charge is -2.09. The van der Waals surface area contributed by atoms with Crippen LogP contribution in [0.2, 0.25) is 0 Å². The summed E-state index contributed by atoms with van der Waals surface area (Å²) in [5, 5.41) is 3.62. The molecule has 1 aromatic carbocycles. The van der Waals surface area contributed by atoms with Gasteiger partial charge in [-0.2, -0.15) is 0 Å². The van der Waals surface area contributed by atoms with Gasteiger partial charge in [-0.25, -0.2) is 17.5 Å². The molecule has 0 radical (unpaired) electrons. The lowest BCUT2D eigenvalue weighted by atomic mass is 10.3. The number of nitrogens with one attached hydrogen (secondary N) is 1. The smallest absolute Gasteiger partial charge is 0.267 e. The second-order valence-electron chi connectivity index (χ2n) is 4.14. The van der Waals surface area contributed by atoms with Crippen LogP contribution >= 0.6 is 15.9 Å². The van der Waals surface area contributed by atoms with E-state index in [1.165, 1.54) is 6.07 Å². The summed E-state index contributed by atoms with van der Waals surface area (Å²) in [4.78, 5) is -0.571. The Hall–Kier alpha value is -1.61. The van der Waals surface area contributed by atoms with Gasteiger partial charge in [0.25, 0.3) is 10.0 Å². The molecule has 0 spiro atoms. The highest BCUT2D eigenvalue weighted by molar-refractivity contribution is 9.10. The minimum atomic E-state index is -4.17. The molecule has 0 saturated heterocycles. The molecule has 20 heavy (non-hydrogen) atoms. The maximum Gasteiger partial charge on any atom is 0.267 e. The number of nitrogen functional groups attached to an aromatic ring is 1. The van der Waals surface area contributed by atoms with Crippen molar-refractivity contribution >= 4 is 37.5 Å². The first-order valence-electron chi connectivity index (χ1n) is 5.42. The fourth-order valence-corrected chi connectivity index (χ4v) is 3.26. The Morgan fingerprint density at radius 2 is 2.05 bits per heavy atom. The largest absolute Gasteiger partial charge is 0.399 e. The summed E-state index contributed by atoms with van der Waals surface area (Å²) in [6.07, 6.45) is 0. The first kappa shape index (κ1) is 14.8. The molecule has 2 rings (SSSR count). The third-order valence-electron chi connectivity index (χ3n) is 2.69. The molecule has 0 fully saturated rings. The van der Waals surface area contributed by atoms with E-state index in [1.807, 2.05) is 0 Å². The molecule has 108 valence electrons. The Labute approximate surface area is 123 Å². The van der Waals surface area contributed by atoms with Gasteiger partial charge in [0.05, 0.1) is 10.2 Å². The molecule has 0 amide bonds. The standard InChI is InChI=1S/C11H11BrFN3O3S/c1-5-6(2)15-19-11(5)16-20(17,18)9-4-7(14)3-8(12)10(9)13/h3-4,16H,14H2,1-2H3. The van der Waals surface area contributed by atoms with E-state index in [9.17, 15) is 12.8 Å². The number of sulfonamides is 1. The summed E-state index contributed by atoms with van der Waals surface area (Å²) >= 11 is 2.91. The molecule has 0 aliphatic heterocycles. The summed E-state index contributed by atoms with van der Waals surface area (Å²) in [5.74, 6) is -0.985. The van der Waals surface area contributed by atoms with Gasteiger partial charge >= 0.3 is 0 Å². The van der Waals surface area contributed by atoms with Crippen molar-refractivity contribution in [2.45, 2.75) is 18.7 Å². The number of nitrogens with zero attached hydrogens (tertiary/aromatic N) is 1. The van der Waals surface area contributed by atoms with Crippen molar-refractivity contribution in [1.82, 2.24) is 5.16 Å². The van der Waals surface area contributed by atoms with Crippen LogP contribution in [0.3, 0.4) is 0 Å². The van der Waals surface area contributed by atoms with E-state index < -0.39 is 20.7 Å². The molecule has 2 aromatic rings. The molecule has 6 nitrogen and oxygen atoms in total. The number of anilines is 2. The van der Waals surface area contributed by atoms with Gasteiger partial charge in [-0.3, -0.25) is 0 Å². The maximum absolute atomic E-state index is 13.9. The zero-order valence-corrected chi connectivity index (χ0v) is 13.0. The molecule has 0 saturated carbocycles. The third-order valence-corrected chi connectivity index (χ3v) is 4.60. The molecule has 3 N–H and O–H groups in total. The highest BCUT2D eigenvalue weighted by atomic mass is 79.9. The summed E-state index contributed by atoms with van der Waals surface area (Å²) in [6, 6.07) is 2.30. The summed E-state index contributed by atoms with van der Waals surface area (Å²) in [6.45, 7) is 3.30. The number of benzene rings is 1. The van der Waals surface area contributed by atoms with E-state index in [4.69, 9.17) is 10.3 Å². The zero-order valence-electron chi connectivity index (χ0n) is 10.6. The van der Waals surface area contributed by atoms with E-state index in [2.05, 4.69) is 25.8 Å². The normalized spacial score (nSPS) is 11.6. The van der Waals surface area contributed by atoms with Crippen LogP contribution in [0, 0.1) is 19.7 Å². The van der Waals surface area contributed by atoms with Crippen molar-refractivity contribution < 1.29 is 17.3 Å². The van der Waals surface area contributed by atoms with Gasteiger partial charge in [-0.1, -0.05) is 5.16 Å². The van der Waals surface area contributed by atoms with Gasteiger partial charge in [0, 0.05) is 11.3 Å². The van der Waals surface area contributed by atoms with Gasteiger partial charge in [0.2, 0.25) is 5.88 Å². The second kappa shape index (κ2) is 5.06. The van der Waals surface area contributed by atoms with Crippen molar-refractivity contribution in [3.05, 3.63) is 33.7 Å². The predicted octanol–water partition coefficient (Wildman–Crippen LogP) is 2.58. The SMILES string of the molecule is Cc1noc(NS(=O)(=O)c2cc(N)cc(Br)c2F)c1C. The average Bonchev–Trinajstić information content (AvgIpc) is 2.65. The topological polar surface area (TPSA) is 98.2 Å². The second-order valence-corrected chi connectivity index (χ2v) is 6.65. The Morgan fingerprint density at radius 3 is 2.60 bits per heavy atom. The Morgan fingerprint density at radius 1 is 1.40 bits per heavy atom. The lowest BCUT2D eigenvalue weighted by molar-refractivity contribution is 0.430. The van der Waals surface area contributed by atoms with E-state index in [-0.39, 0.29) is 16.0 Å². The lowest BCUT2D eigenvalue weighted by Crippen LogP contribution is -2.15. The van der Waals surface area contributed by atoms with Crippen LogP contribution in [-0.2, 0) is 10.0 Å². The van der Waals surface area contributed by atoms with Crippen LogP contribution in [0.25, 0.3) is 0 Å². The third kappa shape index (κ3) is 2.63. The highest BCUT2D eigenvalue weighted by Gasteiger charge is 2.24. The van der Waals surface area contributed by atoms with Crippen LogP contribution in [0.15, 0.2) is 26.0 Å². The molecule has 0 aliphatic carbocycles. The number of aryl methyl sites for hydroxylation is 1. The van der Waals surface area contributed by atoms with Crippen LogP contribution in [0.1, 0.15) is 11.3 Å². The van der Waals surface area contributed by atoms with Crippen molar-refractivity contribution in [3.63, 3.8) is 0 Å². The van der Waals surface area contributed by atoms with Crippen LogP contribution in [-0.4, -0.2) is 13.6 Å². The van der Waals surface area contributed by atoms with Crippen LogP contribution in [0.5, 0.6) is 0 Å². The zero-order chi connectivity index (χ0) is 15.1. The van der Waals surface area contributed by atoms with E-state index in [1.54, 1.807) is 13.8 Å². The molecule has 1 heterocycles. The minimum Gasteiger partial charge on any atom is -0.399 e. The van der Waals surface area contributed by atoms with E-state index in [0.29, 0.717) is 11.3 Å². The highest BCUT2D eigenvalue weighted by Crippen LogP contribution is 2.28. The van der Waals surface area contributed by atoms with E-state index in [0.717, 1.165) is 6.07 Å². The number of aromatic nitrogens is 1. The Balaban J connectivity index is 2.49. The monoisotopic (exact) mass is 363 g/mol. The van der Waals surface area contributed by atoms with Gasteiger partial charge in [-0.15, -0.1) is 0 Å². The molecular weight excluding hydrogens is 353 g/mol. The van der Waals surface area contributed by atoms with Gasteiger partial charge in [0.1, 0.15) is 4.90 Å². The molecular formula is C11H11BrFN3O3S. The molecule has 0 bridgehead atoms. The predicted molar refractivity (Wildman–Crippen MR) is 75.3 cm³/mol. The van der Waals surface area contributed by atoms with Crippen molar-refractivity contribution in [2.24, 2.45) is 0 Å². The Bertz CT molecular complexity index is 773. The molecule has 0 aliphatic rings. The number of rotatable bonds is 3.